The van der Waals surface area contributed by atoms with Crippen LogP contribution in [0.5, 0.6) is 5.75 Å². The molecular weight excluding hydrogens is 514 g/mol. The van der Waals surface area contributed by atoms with Gasteiger partial charge < -0.3 is 28.7 Å². The molecule has 0 radical (unpaired) electrons. The van der Waals surface area contributed by atoms with Crippen LogP contribution in [0.1, 0.15) is 64.2 Å². The van der Waals surface area contributed by atoms with Gasteiger partial charge in [0, 0.05) is 32.1 Å². The Labute approximate surface area is 235 Å². The highest BCUT2D eigenvalue weighted by atomic mass is 16.6. The SMILES string of the molecule is Cc1cc(C2CN(C(=O)OC(C)(C)C)C2)cc2c1OCc1c(N3CCOCC3)ncnc1N2C(=O)OC(C)(C)C. The summed E-state index contributed by atoms with van der Waals surface area (Å²) in [6.45, 7) is 16.9. The van der Waals surface area contributed by atoms with E-state index in [1.807, 2.05) is 54.5 Å². The number of rotatable bonds is 2. The second-order valence-corrected chi connectivity index (χ2v) is 12.5. The Morgan fingerprint density at radius 2 is 1.55 bits per heavy atom. The summed E-state index contributed by atoms with van der Waals surface area (Å²) in [6.07, 6.45) is 0.607. The third kappa shape index (κ3) is 5.79. The van der Waals surface area contributed by atoms with Crippen molar-refractivity contribution >= 4 is 29.5 Å². The molecule has 216 valence electrons. The van der Waals surface area contributed by atoms with Crippen LogP contribution in [0.25, 0.3) is 0 Å². The van der Waals surface area contributed by atoms with E-state index >= 15 is 0 Å². The minimum Gasteiger partial charge on any atom is -0.486 e. The van der Waals surface area contributed by atoms with Crippen LogP contribution in [0, 0.1) is 6.92 Å². The van der Waals surface area contributed by atoms with Gasteiger partial charge in [-0.1, -0.05) is 6.07 Å². The molecule has 1 aromatic heterocycles. The lowest BCUT2D eigenvalue weighted by molar-refractivity contribution is 0.00818. The molecule has 3 aliphatic rings. The molecule has 3 aliphatic heterocycles. The lowest BCUT2D eigenvalue weighted by Gasteiger charge is -2.40. The number of aryl methyl sites for hydroxylation is 1. The number of amides is 2. The zero-order chi connectivity index (χ0) is 28.8. The second kappa shape index (κ2) is 10.4. The number of nitrogens with zero attached hydrogens (tertiary/aromatic N) is 5. The molecule has 0 atom stereocenters. The molecule has 0 bridgehead atoms. The van der Waals surface area contributed by atoms with Crippen molar-refractivity contribution in [2.45, 2.75) is 72.2 Å². The Balaban J connectivity index is 1.52. The smallest absolute Gasteiger partial charge is 0.420 e. The molecule has 2 amide bonds. The quantitative estimate of drug-likeness (QED) is 0.512. The molecule has 11 nitrogen and oxygen atoms in total. The number of hydrogen-bond acceptors (Lipinski definition) is 9. The topological polar surface area (TPSA) is 107 Å². The number of morpholine rings is 1. The van der Waals surface area contributed by atoms with Gasteiger partial charge in [0.2, 0.25) is 0 Å². The molecule has 0 N–H and O–H groups in total. The van der Waals surface area contributed by atoms with E-state index in [2.05, 4.69) is 20.9 Å². The van der Waals surface area contributed by atoms with Gasteiger partial charge in [-0.25, -0.2) is 24.5 Å². The van der Waals surface area contributed by atoms with Crippen molar-refractivity contribution in [1.82, 2.24) is 14.9 Å². The normalized spacial score (nSPS) is 17.7. The van der Waals surface area contributed by atoms with Gasteiger partial charge in [0.15, 0.2) is 5.82 Å². The van der Waals surface area contributed by atoms with Gasteiger partial charge >= 0.3 is 12.2 Å². The second-order valence-electron chi connectivity index (χ2n) is 12.5. The van der Waals surface area contributed by atoms with E-state index in [9.17, 15) is 9.59 Å². The minimum absolute atomic E-state index is 0.0917. The maximum atomic E-state index is 13.8. The van der Waals surface area contributed by atoms with E-state index in [1.54, 1.807) is 4.90 Å². The van der Waals surface area contributed by atoms with Crippen LogP contribution in [-0.4, -0.2) is 77.6 Å². The van der Waals surface area contributed by atoms with Gasteiger partial charge in [-0.15, -0.1) is 0 Å². The first-order valence-corrected chi connectivity index (χ1v) is 13.8. The first kappa shape index (κ1) is 27.9. The van der Waals surface area contributed by atoms with Crippen molar-refractivity contribution in [2.75, 3.05) is 49.2 Å². The largest absolute Gasteiger partial charge is 0.486 e. The number of hydrogen-bond donors (Lipinski definition) is 0. The van der Waals surface area contributed by atoms with Crippen molar-refractivity contribution < 1.29 is 28.5 Å². The Morgan fingerprint density at radius 3 is 2.20 bits per heavy atom. The van der Waals surface area contributed by atoms with E-state index in [-0.39, 0.29) is 18.6 Å². The van der Waals surface area contributed by atoms with Crippen molar-refractivity contribution in [3.63, 3.8) is 0 Å². The lowest BCUT2D eigenvalue weighted by atomic mass is 9.90. The number of fused-ring (bicyclic) bond motifs is 2. The average molecular weight is 554 g/mol. The molecule has 2 fully saturated rings. The highest BCUT2D eigenvalue weighted by molar-refractivity contribution is 5.99. The predicted octanol–water partition coefficient (Wildman–Crippen LogP) is 4.92. The monoisotopic (exact) mass is 553 g/mol. The Kier molecular flexibility index (Phi) is 7.28. The van der Waals surface area contributed by atoms with Gasteiger partial charge in [0.05, 0.1) is 24.5 Å². The van der Waals surface area contributed by atoms with Gasteiger partial charge in [-0.05, 0) is 65.7 Å². The fourth-order valence-electron chi connectivity index (χ4n) is 5.05. The molecule has 2 saturated heterocycles. The van der Waals surface area contributed by atoms with Gasteiger partial charge in [-0.3, -0.25) is 0 Å². The third-order valence-corrected chi connectivity index (χ3v) is 6.88. The van der Waals surface area contributed by atoms with Crippen molar-refractivity contribution in [2.24, 2.45) is 0 Å². The molecule has 4 heterocycles. The zero-order valence-electron chi connectivity index (χ0n) is 24.4. The van der Waals surface area contributed by atoms with Crippen LogP contribution >= 0.6 is 0 Å². The van der Waals surface area contributed by atoms with Gasteiger partial charge in [0.1, 0.15) is 35.7 Å². The standard InChI is InChI=1S/C29H39N5O6/c1-18-12-19(20-14-33(15-20)26(35)39-28(2,3)4)13-22-23(18)38-16-21-24(32-8-10-37-11-9-32)30-17-31-25(21)34(22)27(36)40-29(5,6)7/h12-13,17,20H,8-11,14-16H2,1-7H3. The fraction of sp³-hybridized carbons (Fsp3) is 0.586. The molecular formula is C29H39N5O6. The third-order valence-electron chi connectivity index (χ3n) is 6.88. The first-order chi connectivity index (χ1) is 18.8. The summed E-state index contributed by atoms with van der Waals surface area (Å²) in [5, 5.41) is 0. The van der Waals surface area contributed by atoms with E-state index in [4.69, 9.17) is 18.9 Å². The highest BCUT2D eigenvalue weighted by Gasteiger charge is 2.38. The van der Waals surface area contributed by atoms with Crippen LogP contribution in [0.4, 0.5) is 26.9 Å². The number of benzene rings is 1. The van der Waals surface area contributed by atoms with E-state index in [1.165, 1.54) is 11.2 Å². The number of carbonyl (C=O) groups is 2. The summed E-state index contributed by atoms with van der Waals surface area (Å²) < 4.78 is 23.3. The zero-order valence-corrected chi connectivity index (χ0v) is 24.4. The Hall–Kier alpha value is -3.60. The summed E-state index contributed by atoms with van der Waals surface area (Å²) in [5.74, 6) is 1.84. The number of anilines is 3. The van der Waals surface area contributed by atoms with E-state index in [0.29, 0.717) is 62.2 Å². The number of likely N-dealkylation sites (tertiary alicyclic amines) is 1. The number of ether oxygens (including phenoxy) is 4. The van der Waals surface area contributed by atoms with Crippen molar-refractivity contribution in [3.8, 4) is 5.75 Å². The Morgan fingerprint density at radius 1 is 0.925 bits per heavy atom. The highest BCUT2D eigenvalue weighted by Crippen LogP contribution is 2.45. The van der Waals surface area contributed by atoms with E-state index < -0.39 is 17.3 Å². The van der Waals surface area contributed by atoms with Crippen LogP contribution in [-0.2, 0) is 20.8 Å². The van der Waals surface area contributed by atoms with Crippen LogP contribution in [0.3, 0.4) is 0 Å². The van der Waals surface area contributed by atoms with Crippen molar-refractivity contribution in [3.05, 3.63) is 35.2 Å². The van der Waals surface area contributed by atoms with Gasteiger partial charge in [0.25, 0.3) is 0 Å². The molecule has 5 rings (SSSR count). The molecule has 2 aromatic rings. The molecule has 0 saturated carbocycles. The van der Waals surface area contributed by atoms with Gasteiger partial charge in [-0.2, -0.15) is 0 Å². The fourth-order valence-corrected chi connectivity index (χ4v) is 5.05. The molecule has 1 aromatic carbocycles. The molecule has 11 heteroatoms. The summed E-state index contributed by atoms with van der Waals surface area (Å²) >= 11 is 0. The number of carbonyl (C=O) groups excluding carboxylic acids is 2. The summed E-state index contributed by atoms with van der Waals surface area (Å²) in [6, 6.07) is 4.02. The first-order valence-electron chi connectivity index (χ1n) is 13.8. The Bertz CT molecular complexity index is 1290. The van der Waals surface area contributed by atoms with Crippen LogP contribution < -0.4 is 14.5 Å². The molecule has 0 unspecified atom stereocenters. The summed E-state index contributed by atoms with van der Waals surface area (Å²) in [5.41, 5.74) is 1.88. The maximum absolute atomic E-state index is 13.8. The van der Waals surface area contributed by atoms with Crippen LogP contribution in [0.2, 0.25) is 0 Å². The number of aromatic nitrogens is 2. The van der Waals surface area contributed by atoms with E-state index in [0.717, 1.165) is 16.9 Å². The summed E-state index contributed by atoms with van der Waals surface area (Å²) in [7, 11) is 0. The summed E-state index contributed by atoms with van der Waals surface area (Å²) in [4.78, 5) is 40.8. The molecule has 0 aliphatic carbocycles. The lowest BCUT2D eigenvalue weighted by Crippen LogP contribution is -2.50. The average Bonchev–Trinajstić information content (AvgIpc) is 2.98. The molecule has 0 spiro atoms. The molecule has 40 heavy (non-hydrogen) atoms. The van der Waals surface area contributed by atoms with Crippen molar-refractivity contribution in [1.29, 1.82) is 0 Å². The maximum Gasteiger partial charge on any atom is 0.420 e. The predicted molar refractivity (Wildman–Crippen MR) is 149 cm³/mol. The van der Waals surface area contributed by atoms with Crippen LogP contribution in [0.15, 0.2) is 18.5 Å². The minimum atomic E-state index is -0.723.